The molecule has 0 saturated carbocycles. The maximum atomic E-state index is 13.9. The number of nitrogens with one attached hydrogen (secondary N) is 1. The zero-order chi connectivity index (χ0) is 19.4. The first-order valence-electron chi connectivity index (χ1n) is 8.79. The number of sulfonamides is 1. The fourth-order valence-electron chi connectivity index (χ4n) is 2.97. The normalized spacial score (nSPS) is 14.9. The van der Waals surface area contributed by atoms with Crippen LogP contribution in [0.3, 0.4) is 0 Å². The van der Waals surface area contributed by atoms with Gasteiger partial charge < -0.3 is 9.80 Å². The van der Waals surface area contributed by atoms with Crippen molar-refractivity contribution in [2.24, 2.45) is 0 Å². The smallest absolute Gasteiger partial charge is 0.253 e. The molecule has 0 aliphatic carbocycles. The number of carbonyl (C=O) groups excluding carboxylic acids is 1. The van der Waals surface area contributed by atoms with E-state index < -0.39 is 10.0 Å². The molecule has 1 N–H and O–H groups in total. The van der Waals surface area contributed by atoms with Crippen molar-refractivity contribution in [2.45, 2.75) is 6.92 Å². The standard InChI is InChI=1S/C19H22FN3O3S/c1-2-27(25,26)21-16-9-7-15(8-10-16)19(24)23-13-11-22(12-14-23)18-6-4-3-5-17(18)20/h3-10,21H,2,11-14H2,1H3. The molecule has 1 aliphatic heterocycles. The van der Waals surface area contributed by atoms with E-state index >= 15 is 0 Å². The molecule has 1 fully saturated rings. The molecule has 0 bridgehead atoms. The Morgan fingerprint density at radius 3 is 2.26 bits per heavy atom. The quantitative estimate of drug-likeness (QED) is 0.851. The van der Waals surface area contributed by atoms with E-state index in [-0.39, 0.29) is 17.5 Å². The van der Waals surface area contributed by atoms with Gasteiger partial charge in [-0.05, 0) is 43.3 Å². The van der Waals surface area contributed by atoms with Gasteiger partial charge in [0, 0.05) is 37.4 Å². The highest BCUT2D eigenvalue weighted by molar-refractivity contribution is 7.92. The number of anilines is 2. The van der Waals surface area contributed by atoms with Crippen LogP contribution in [0.15, 0.2) is 48.5 Å². The number of rotatable bonds is 5. The van der Waals surface area contributed by atoms with Gasteiger partial charge in [0.25, 0.3) is 5.91 Å². The summed E-state index contributed by atoms with van der Waals surface area (Å²) in [6, 6.07) is 13.0. The van der Waals surface area contributed by atoms with Crippen LogP contribution in [-0.2, 0) is 10.0 Å². The predicted octanol–water partition coefficient (Wildman–Crippen LogP) is 2.55. The Bertz CT molecular complexity index is 908. The van der Waals surface area contributed by atoms with E-state index in [1.54, 1.807) is 54.3 Å². The molecule has 27 heavy (non-hydrogen) atoms. The third kappa shape index (κ3) is 4.57. The number of carbonyl (C=O) groups is 1. The summed E-state index contributed by atoms with van der Waals surface area (Å²) in [7, 11) is -3.34. The monoisotopic (exact) mass is 391 g/mol. The Morgan fingerprint density at radius 1 is 1.04 bits per heavy atom. The molecule has 0 radical (unpaired) electrons. The molecule has 1 amide bonds. The van der Waals surface area contributed by atoms with E-state index in [1.807, 2.05) is 4.90 Å². The second kappa shape index (κ2) is 7.96. The molecular formula is C19H22FN3O3S. The van der Waals surface area contributed by atoms with Gasteiger partial charge in [-0.15, -0.1) is 0 Å². The van der Waals surface area contributed by atoms with E-state index in [4.69, 9.17) is 0 Å². The lowest BCUT2D eigenvalue weighted by Gasteiger charge is -2.36. The Kier molecular flexibility index (Phi) is 5.65. The first kappa shape index (κ1) is 19.2. The highest BCUT2D eigenvalue weighted by Crippen LogP contribution is 2.21. The second-order valence-electron chi connectivity index (χ2n) is 6.31. The van der Waals surface area contributed by atoms with Crippen LogP contribution in [0.2, 0.25) is 0 Å². The molecule has 0 unspecified atom stereocenters. The molecular weight excluding hydrogens is 369 g/mol. The second-order valence-corrected chi connectivity index (χ2v) is 8.32. The third-order valence-corrected chi connectivity index (χ3v) is 5.85. The van der Waals surface area contributed by atoms with Crippen molar-refractivity contribution < 1.29 is 17.6 Å². The number of nitrogens with zero attached hydrogens (tertiary/aromatic N) is 2. The van der Waals surface area contributed by atoms with Gasteiger partial charge in [-0.2, -0.15) is 0 Å². The SMILES string of the molecule is CCS(=O)(=O)Nc1ccc(C(=O)N2CCN(c3ccccc3F)CC2)cc1. The molecule has 0 atom stereocenters. The molecule has 0 aromatic heterocycles. The van der Waals surface area contributed by atoms with Gasteiger partial charge in [0.1, 0.15) is 5.82 Å². The number of halogens is 1. The summed E-state index contributed by atoms with van der Waals surface area (Å²) in [6.45, 7) is 3.66. The topological polar surface area (TPSA) is 69.7 Å². The lowest BCUT2D eigenvalue weighted by molar-refractivity contribution is 0.0746. The van der Waals surface area contributed by atoms with E-state index in [1.165, 1.54) is 6.07 Å². The van der Waals surface area contributed by atoms with Crippen molar-refractivity contribution in [1.29, 1.82) is 0 Å². The molecule has 1 saturated heterocycles. The Morgan fingerprint density at radius 2 is 1.67 bits per heavy atom. The van der Waals surface area contributed by atoms with E-state index in [9.17, 15) is 17.6 Å². The molecule has 0 spiro atoms. The first-order valence-corrected chi connectivity index (χ1v) is 10.4. The summed E-state index contributed by atoms with van der Waals surface area (Å²) in [5, 5.41) is 0. The molecule has 8 heteroatoms. The minimum atomic E-state index is -3.34. The molecule has 144 valence electrons. The fourth-order valence-corrected chi connectivity index (χ4v) is 3.61. The van der Waals surface area contributed by atoms with Gasteiger partial charge in [0.05, 0.1) is 11.4 Å². The number of amides is 1. The molecule has 3 rings (SSSR count). The average molecular weight is 391 g/mol. The van der Waals surface area contributed by atoms with Crippen LogP contribution in [0.4, 0.5) is 15.8 Å². The van der Waals surface area contributed by atoms with E-state index in [0.717, 1.165) is 0 Å². The number of hydrogen-bond acceptors (Lipinski definition) is 4. The van der Waals surface area contributed by atoms with Crippen LogP contribution in [0.5, 0.6) is 0 Å². The van der Waals surface area contributed by atoms with Gasteiger partial charge in [-0.25, -0.2) is 12.8 Å². The minimum Gasteiger partial charge on any atom is -0.366 e. The van der Waals surface area contributed by atoms with Gasteiger partial charge >= 0.3 is 0 Å². The van der Waals surface area contributed by atoms with Crippen molar-refractivity contribution in [2.75, 3.05) is 41.6 Å². The Balaban J connectivity index is 1.62. The summed E-state index contributed by atoms with van der Waals surface area (Å²) >= 11 is 0. The highest BCUT2D eigenvalue weighted by atomic mass is 32.2. The van der Waals surface area contributed by atoms with Crippen molar-refractivity contribution >= 4 is 27.3 Å². The number of hydrogen-bond donors (Lipinski definition) is 1. The van der Waals surface area contributed by atoms with Crippen LogP contribution in [-0.4, -0.2) is 51.2 Å². The van der Waals surface area contributed by atoms with Gasteiger partial charge in [-0.3, -0.25) is 9.52 Å². The van der Waals surface area contributed by atoms with Crippen LogP contribution in [0.25, 0.3) is 0 Å². The third-order valence-electron chi connectivity index (χ3n) is 4.55. The molecule has 6 nitrogen and oxygen atoms in total. The molecule has 1 heterocycles. The summed E-state index contributed by atoms with van der Waals surface area (Å²) in [5.41, 5.74) is 1.48. The maximum Gasteiger partial charge on any atom is 0.253 e. The summed E-state index contributed by atoms with van der Waals surface area (Å²) in [6.07, 6.45) is 0. The van der Waals surface area contributed by atoms with Crippen molar-refractivity contribution in [1.82, 2.24) is 4.90 Å². The average Bonchev–Trinajstić information content (AvgIpc) is 2.68. The lowest BCUT2D eigenvalue weighted by atomic mass is 10.1. The number of piperazine rings is 1. The molecule has 1 aliphatic rings. The van der Waals surface area contributed by atoms with Crippen LogP contribution in [0, 0.1) is 5.82 Å². The van der Waals surface area contributed by atoms with E-state index in [2.05, 4.69) is 4.72 Å². The highest BCUT2D eigenvalue weighted by Gasteiger charge is 2.23. The van der Waals surface area contributed by atoms with Crippen LogP contribution in [0.1, 0.15) is 17.3 Å². The first-order chi connectivity index (χ1) is 12.9. The summed E-state index contributed by atoms with van der Waals surface area (Å²) in [5.74, 6) is -0.393. The van der Waals surface area contributed by atoms with Gasteiger partial charge in [-0.1, -0.05) is 12.1 Å². The minimum absolute atomic E-state index is 0.0139. The summed E-state index contributed by atoms with van der Waals surface area (Å²) in [4.78, 5) is 16.3. The Labute approximate surface area is 158 Å². The fraction of sp³-hybridized carbons (Fsp3) is 0.316. The predicted molar refractivity (Wildman–Crippen MR) is 104 cm³/mol. The largest absolute Gasteiger partial charge is 0.366 e. The van der Waals surface area contributed by atoms with Crippen LogP contribution < -0.4 is 9.62 Å². The zero-order valence-electron chi connectivity index (χ0n) is 15.1. The molecule has 2 aromatic rings. The Hall–Kier alpha value is -2.61. The van der Waals surface area contributed by atoms with Crippen molar-refractivity contribution in [3.63, 3.8) is 0 Å². The zero-order valence-corrected chi connectivity index (χ0v) is 15.9. The molecule has 2 aromatic carbocycles. The number of para-hydroxylation sites is 1. The summed E-state index contributed by atoms with van der Waals surface area (Å²) < 4.78 is 39.5. The van der Waals surface area contributed by atoms with Gasteiger partial charge in [0.2, 0.25) is 10.0 Å². The van der Waals surface area contributed by atoms with Crippen molar-refractivity contribution in [3.05, 3.63) is 59.9 Å². The maximum absolute atomic E-state index is 13.9. The van der Waals surface area contributed by atoms with E-state index in [0.29, 0.717) is 43.1 Å². The lowest BCUT2D eigenvalue weighted by Crippen LogP contribution is -2.49. The van der Waals surface area contributed by atoms with Gasteiger partial charge in [0.15, 0.2) is 0 Å². The number of benzene rings is 2. The van der Waals surface area contributed by atoms with Crippen molar-refractivity contribution in [3.8, 4) is 0 Å². The van der Waals surface area contributed by atoms with Crippen LogP contribution >= 0.6 is 0 Å².